The summed E-state index contributed by atoms with van der Waals surface area (Å²) in [6.45, 7) is 0.117. The number of methoxy groups -OCH3 is 1. The van der Waals surface area contributed by atoms with Crippen LogP contribution in [0.4, 0.5) is 5.82 Å². The van der Waals surface area contributed by atoms with Gasteiger partial charge in [-0.05, 0) is 6.07 Å². The molecule has 6 nitrogen and oxygen atoms in total. The van der Waals surface area contributed by atoms with Gasteiger partial charge in [0.1, 0.15) is 5.82 Å². The average Bonchev–Trinajstić information content (AvgIpc) is 2.17. The summed E-state index contributed by atoms with van der Waals surface area (Å²) in [5.74, 6) is 0.184. The number of aromatic nitrogens is 2. The lowest BCUT2D eigenvalue weighted by Gasteiger charge is -2.13. The highest BCUT2D eigenvalue weighted by Gasteiger charge is 2.07. The van der Waals surface area contributed by atoms with E-state index in [0.29, 0.717) is 0 Å². The quantitative estimate of drug-likeness (QED) is 0.638. The lowest BCUT2D eigenvalue weighted by Crippen LogP contribution is -2.31. The van der Waals surface area contributed by atoms with Crippen molar-refractivity contribution in [2.75, 3.05) is 19.5 Å². The first-order chi connectivity index (χ1) is 6.67. The molecular weight excluding hydrogens is 186 g/mol. The van der Waals surface area contributed by atoms with Gasteiger partial charge in [-0.1, -0.05) is 0 Å². The van der Waals surface area contributed by atoms with Crippen LogP contribution in [0, 0.1) is 0 Å². The van der Waals surface area contributed by atoms with Crippen LogP contribution in [0.2, 0.25) is 0 Å². The molecule has 1 atom stereocenters. The molecule has 3 N–H and O–H groups in total. The third-order valence-corrected chi connectivity index (χ3v) is 1.83. The summed E-state index contributed by atoms with van der Waals surface area (Å²) >= 11 is 0. The summed E-state index contributed by atoms with van der Waals surface area (Å²) in [6.07, 6.45) is 1.12. The minimum absolute atomic E-state index is 0.146. The fraction of sp³-hybridized carbons (Fsp3) is 0.500. The zero-order valence-electron chi connectivity index (χ0n) is 7.88. The van der Waals surface area contributed by atoms with Crippen molar-refractivity contribution in [1.29, 1.82) is 0 Å². The Morgan fingerprint density at radius 2 is 2.50 bits per heavy atom. The van der Waals surface area contributed by atoms with Crippen molar-refractivity contribution >= 4 is 5.82 Å². The fourth-order valence-corrected chi connectivity index (χ4v) is 1.01. The summed E-state index contributed by atoms with van der Waals surface area (Å²) in [5, 5.41) is 8.85. The number of nitrogens with zero attached hydrogens (tertiary/aromatic N) is 2. The highest BCUT2D eigenvalue weighted by Crippen LogP contribution is 1.94. The van der Waals surface area contributed by atoms with Crippen LogP contribution in [-0.2, 0) is 11.3 Å². The van der Waals surface area contributed by atoms with E-state index in [4.69, 9.17) is 15.6 Å². The van der Waals surface area contributed by atoms with Crippen LogP contribution in [0.3, 0.4) is 0 Å². The maximum atomic E-state index is 11.2. The Labute approximate surface area is 80.9 Å². The summed E-state index contributed by atoms with van der Waals surface area (Å²) in [4.78, 5) is 14.8. The van der Waals surface area contributed by atoms with Gasteiger partial charge in [0, 0.05) is 13.3 Å². The first kappa shape index (κ1) is 10.7. The third kappa shape index (κ3) is 2.54. The molecule has 0 radical (unpaired) electrons. The monoisotopic (exact) mass is 199 g/mol. The second-order valence-electron chi connectivity index (χ2n) is 2.83. The number of hydrogen-bond acceptors (Lipinski definition) is 5. The molecule has 1 heterocycles. The number of rotatable bonds is 4. The van der Waals surface area contributed by atoms with Gasteiger partial charge in [0.25, 0.3) is 0 Å². The van der Waals surface area contributed by atoms with Crippen molar-refractivity contribution in [3.05, 3.63) is 22.7 Å². The van der Waals surface area contributed by atoms with E-state index < -0.39 is 11.8 Å². The van der Waals surface area contributed by atoms with Crippen LogP contribution in [0.1, 0.15) is 0 Å². The average molecular weight is 199 g/mol. The van der Waals surface area contributed by atoms with E-state index in [9.17, 15) is 4.79 Å². The van der Waals surface area contributed by atoms with Crippen molar-refractivity contribution in [3.63, 3.8) is 0 Å². The molecule has 1 aromatic rings. The lowest BCUT2D eigenvalue weighted by atomic mass is 10.3. The maximum Gasteiger partial charge on any atom is 0.349 e. The summed E-state index contributed by atoms with van der Waals surface area (Å²) < 4.78 is 6.25. The van der Waals surface area contributed by atoms with Gasteiger partial charge < -0.3 is 15.6 Å². The number of aliphatic hydroxyl groups is 1. The molecule has 1 unspecified atom stereocenters. The minimum Gasteiger partial charge on any atom is -0.394 e. The zero-order valence-corrected chi connectivity index (χ0v) is 7.88. The van der Waals surface area contributed by atoms with Crippen LogP contribution in [0.15, 0.2) is 17.1 Å². The molecule has 0 spiro atoms. The summed E-state index contributed by atoms with van der Waals surface area (Å²) in [6, 6.07) is 1.52. The second kappa shape index (κ2) is 4.73. The zero-order chi connectivity index (χ0) is 10.6. The van der Waals surface area contributed by atoms with Gasteiger partial charge in [-0.25, -0.2) is 4.79 Å². The first-order valence-electron chi connectivity index (χ1n) is 4.14. The summed E-state index contributed by atoms with van der Waals surface area (Å²) in [7, 11) is 1.47. The number of hydrogen-bond donors (Lipinski definition) is 2. The van der Waals surface area contributed by atoms with Crippen molar-refractivity contribution in [2.24, 2.45) is 0 Å². The molecule has 14 heavy (non-hydrogen) atoms. The van der Waals surface area contributed by atoms with Crippen LogP contribution >= 0.6 is 0 Å². The molecule has 0 bridgehead atoms. The van der Waals surface area contributed by atoms with Gasteiger partial charge in [0.15, 0.2) is 0 Å². The maximum absolute atomic E-state index is 11.2. The normalized spacial score (nSPS) is 12.7. The van der Waals surface area contributed by atoms with Crippen LogP contribution in [0.5, 0.6) is 0 Å². The van der Waals surface area contributed by atoms with Crippen LogP contribution in [-0.4, -0.2) is 34.5 Å². The number of anilines is 1. The molecule has 1 aromatic heterocycles. The molecule has 0 aliphatic heterocycles. The predicted octanol–water partition coefficient (Wildman–Crippen LogP) is -1.17. The summed E-state index contributed by atoms with van der Waals surface area (Å²) in [5.41, 5.74) is 4.87. The fourth-order valence-electron chi connectivity index (χ4n) is 1.01. The predicted molar refractivity (Wildman–Crippen MR) is 50.8 cm³/mol. The number of aliphatic hydroxyl groups excluding tert-OH is 1. The number of nitrogens with two attached hydrogens (primary N) is 1. The van der Waals surface area contributed by atoms with Crippen LogP contribution < -0.4 is 11.4 Å². The molecule has 6 heteroatoms. The van der Waals surface area contributed by atoms with Crippen LogP contribution in [0.25, 0.3) is 0 Å². The SMILES string of the molecule is COC(CO)Cn1ccc(N)nc1=O. The lowest BCUT2D eigenvalue weighted by molar-refractivity contribution is 0.0364. The highest BCUT2D eigenvalue weighted by molar-refractivity contribution is 5.23. The van der Waals surface area contributed by atoms with Gasteiger partial charge in [-0.3, -0.25) is 4.57 Å². The van der Waals surface area contributed by atoms with Gasteiger partial charge in [0.2, 0.25) is 0 Å². The Morgan fingerprint density at radius 3 is 3.00 bits per heavy atom. The van der Waals surface area contributed by atoms with Gasteiger partial charge in [-0.2, -0.15) is 4.98 Å². The largest absolute Gasteiger partial charge is 0.394 e. The van der Waals surface area contributed by atoms with Crippen molar-refractivity contribution in [1.82, 2.24) is 9.55 Å². The highest BCUT2D eigenvalue weighted by atomic mass is 16.5. The van der Waals surface area contributed by atoms with Crippen molar-refractivity contribution in [2.45, 2.75) is 12.6 Å². The topological polar surface area (TPSA) is 90.4 Å². The molecule has 0 aromatic carbocycles. The van der Waals surface area contributed by atoms with Gasteiger partial charge in [0.05, 0.1) is 19.3 Å². The molecule has 1 rings (SSSR count). The Bertz CT molecular complexity index is 346. The van der Waals surface area contributed by atoms with E-state index in [1.54, 1.807) is 0 Å². The Hall–Kier alpha value is -1.40. The third-order valence-electron chi connectivity index (χ3n) is 1.83. The number of ether oxygens (including phenoxy) is 1. The molecule has 0 aliphatic carbocycles. The van der Waals surface area contributed by atoms with E-state index in [0.717, 1.165) is 0 Å². The van der Waals surface area contributed by atoms with Crippen molar-refractivity contribution < 1.29 is 9.84 Å². The Morgan fingerprint density at radius 1 is 1.79 bits per heavy atom. The van der Waals surface area contributed by atoms with Crippen molar-refractivity contribution in [3.8, 4) is 0 Å². The molecule has 0 amide bonds. The molecule has 0 fully saturated rings. The van der Waals surface area contributed by atoms with E-state index >= 15 is 0 Å². The molecule has 0 saturated heterocycles. The minimum atomic E-state index is -0.444. The number of nitrogen functional groups attached to an aromatic ring is 1. The Kier molecular flexibility index (Phi) is 3.61. The molecular formula is C8H13N3O3. The second-order valence-corrected chi connectivity index (χ2v) is 2.83. The van der Waals surface area contributed by atoms with E-state index in [1.165, 1.54) is 23.9 Å². The molecule has 0 saturated carbocycles. The van der Waals surface area contributed by atoms with E-state index in [2.05, 4.69) is 4.98 Å². The standard InChI is InChI=1S/C8H13N3O3/c1-14-6(5-12)4-11-3-2-7(9)10-8(11)13/h2-3,6,12H,4-5H2,1H3,(H2,9,10,13). The molecule has 78 valence electrons. The van der Waals surface area contributed by atoms with E-state index in [-0.39, 0.29) is 19.0 Å². The molecule has 0 aliphatic rings. The Balaban J connectivity index is 2.81. The van der Waals surface area contributed by atoms with E-state index in [1.807, 2.05) is 0 Å². The smallest absolute Gasteiger partial charge is 0.349 e. The first-order valence-corrected chi connectivity index (χ1v) is 4.14. The van der Waals surface area contributed by atoms with Gasteiger partial charge in [-0.15, -0.1) is 0 Å². The van der Waals surface area contributed by atoms with Gasteiger partial charge >= 0.3 is 5.69 Å².